The second-order valence-electron chi connectivity index (χ2n) is 5.07. The van der Waals surface area contributed by atoms with Crippen molar-refractivity contribution < 1.29 is 14.3 Å². The first kappa shape index (κ1) is 14.2. The van der Waals surface area contributed by atoms with Crippen molar-refractivity contribution >= 4 is 17.6 Å². The van der Waals surface area contributed by atoms with E-state index in [1.165, 1.54) is 5.56 Å². The monoisotopic (exact) mass is 274 g/mol. The Morgan fingerprint density at radius 3 is 2.55 bits per heavy atom. The lowest BCUT2D eigenvalue weighted by atomic mass is 10.0. The van der Waals surface area contributed by atoms with Crippen LogP contribution >= 0.6 is 0 Å². The molecule has 20 heavy (non-hydrogen) atoms. The van der Waals surface area contributed by atoms with Crippen molar-refractivity contribution in [1.82, 2.24) is 5.43 Å². The Bertz CT molecular complexity index is 533. The molecule has 106 valence electrons. The predicted octanol–water partition coefficient (Wildman–Crippen LogP) is 2.12. The van der Waals surface area contributed by atoms with Gasteiger partial charge in [0.15, 0.2) is 0 Å². The van der Waals surface area contributed by atoms with Crippen LogP contribution in [0, 0.1) is 0 Å². The molecule has 0 aliphatic carbocycles. The van der Waals surface area contributed by atoms with Crippen molar-refractivity contribution in [3.05, 3.63) is 35.4 Å². The maximum absolute atomic E-state index is 11.7. The van der Waals surface area contributed by atoms with Crippen LogP contribution in [0.2, 0.25) is 0 Å². The third-order valence-corrected chi connectivity index (χ3v) is 3.16. The Balaban J connectivity index is 1.88. The number of esters is 1. The maximum Gasteiger partial charge on any atom is 0.354 e. The van der Waals surface area contributed by atoms with Gasteiger partial charge in [-0.3, -0.25) is 4.79 Å². The Labute approximate surface area is 118 Å². The summed E-state index contributed by atoms with van der Waals surface area (Å²) in [5.74, 6) is -0.171. The Hall–Kier alpha value is -2.17. The zero-order chi connectivity index (χ0) is 14.5. The van der Waals surface area contributed by atoms with Gasteiger partial charge in [-0.2, -0.15) is 5.10 Å². The molecule has 0 saturated heterocycles. The van der Waals surface area contributed by atoms with Gasteiger partial charge in [0.2, 0.25) is 5.91 Å². The molecule has 0 fully saturated rings. The lowest BCUT2D eigenvalue weighted by molar-refractivity contribution is -0.137. The number of nitrogens with zero attached hydrogens (tertiary/aromatic N) is 1. The summed E-state index contributed by atoms with van der Waals surface area (Å²) in [7, 11) is 0. The number of nitrogens with one attached hydrogen (secondary N) is 1. The third kappa shape index (κ3) is 3.66. The molecule has 1 aromatic rings. The van der Waals surface area contributed by atoms with Crippen LogP contribution in [0.25, 0.3) is 0 Å². The molecule has 5 heteroatoms. The van der Waals surface area contributed by atoms with Crippen LogP contribution in [-0.2, 0) is 20.9 Å². The highest BCUT2D eigenvalue weighted by molar-refractivity contribution is 6.37. The van der Waals surface area contributed by atoms with Crippen LogP contribution in [0.5, 0.6) is 0 Å². The number of amides is 1. The van der Waals surface area contributed by atoms with E-state index >= 15 is 0 Å². The maximum atomic E-state index is 11.7. The molecule has 1 N–H and O–H groups in total. The van der Waals surface area contributed by atoms with Gasteiger partial charge in [-0.05, 0) is 17.0 Å². The van der Waals surface area contributed by atoms with E-state index in [1.807, 2.05) is 24.3 Å². The zero-order valence-corrected chi connectivity index (χ0v) is 11.7. The highest BCUT2D eigenvalue weighted by atomic mass is 16.5. The minimum Gasteiger partial charge on any atom is -0.456 e. The third-order valence-electron chi connectivity index (χ3n) is 3.16. The van der Waals surface area contributed by atoms with Gasteiger partial charge in [-0.1, -0.05) is 38.1 Å². The fourth-order valence-corrected chi connectivity index (χ4v) is 1.85. The Morgan fingerprint density at radius 1 is 1.30 bits per heavy atom. The molecule has 1 aromatic carbocycles. The van der Waals surface area contributed by atoms with E-state index in [2.05, 4.69) is 24.4 Å². The molecule has 0 radical (unpaired) electrons. The second kappa shape index (κ2) is 6.32. The molecule has 1 aliphatic rings. The Kier molecular flexibility index (Phi) is 4.50. The summed E-state index contributed by atoms with van der Waals surface area (Å²) in [5.41, 5.74) is 4.73. The predicted molar refractivity (Wildman–Crippen MR) is 75.1 cm³/mol. The van der Waals surface area contributed by atoms with Crippen LogP contribution < -0.4 is 5.43 Å². The molecule has 5 nitrogen and oxygen atoms in total. The number of hydrogen-bond acceptors (Lipinski definition) is 4. The second-order valence-corrected chi connectivity index (χ2v) is 5.07. The molecule has 1 amide bonds. The van der Waals surface area contributed by atoms with Gasteiger partial charge >= 0.3 is 5.97 Å². The minimum atomic E-state index is -0.474. The fraction of sp³-hybridized carbons (Fsp3) is 0.400. The van der Waals surface area contributed by atoms with E-state index < -0.39 is 5.97 Å². The van der Waals surface area contributed by atoms with E-state index in [9.17, 15) is 9.59 Å². The van der Waals surface area contributed by atoms with E-state index in [4.69, 9.17) is 4.74 Å². The highest BCUT2D eigenvalue weighted by Crippen LogP contribution is 2.15. The first-order valence-corrected chi connectivity index (χ1v) is 6.67. The van der Waals surface area contributed by atoms with Crippen LogP contribution in [-0.4, -0.2) is 17.6 Å². The number of ether oxygens (including phenoxy) is 1. The molecule has 0 unspecified atom stereocenters. The highest BCUT2D eigenvalue weighted by Gasteiger charge is 2.19. The average molecular weight is 274 g/mol. The summed E-state index contributed by atoms with van der Waals surface area (Å²) < 4.78 is 5.18. The normalized spacial score (nSPS) is 14.8. The Morgan fingerprint density at radius 2 is 2.00 bits per heavy atom. The molecular formula is C15H18N2O3. The zero-order valence-electron chi connectivity index (χ0n) is 11.7. The molecule has 0 spiro atoms. The summed E-state index contributed by atoms with van der Waals surface area (Å²) in [6, 6.07) is 7.97. The molecule has 1 aliphatic heterocycles. The molecular weight excluding hydrogens is 256 g/mol. The summed E-state index contributed by atoms with van der Waals surface area (Å²) in [6.07, 6.45) is 0.605. The van der Waals surface area contributed by atoms with Gasteiger partial charge in [0.25, 0.3) is 0 Å². The fourth-order valence-electron chi connectivity index (χ4n) is 1.85. The number of carbonyl (C=O) groups excluding carboxylic acids is 2. The van der Waals surface area contributed by atoms with Crippen LogP contribution in [0.4, 0.5) is 0 Å². The van der Waals surface area contributed by atoms with E-state index in [-0.39, 0.29) is 24.6 Å². The average Bonchev–Trinajstić information content (AvgIpc) is 2.46. The van der Waals surface area contributed by atoms with Crippen molar-refractivity contribution in [3.63, 3.8) is 0 Å². The SMILES string of the molecule is CC(C)c1ccc(COC(=O)C2=NNC(=O)CC2)cc1. The quantitative estimate of drug-likeness (QED) is 0.855. The van der Waals surface area contributed by atoms with Crippen LogP contribution in [0.1, 0.15) is 43.7 Å². The number of rotatable bonds is 4. The molecule has 1 heterocycles. The van der Waals surface area contributed by atoms with Gasteiger partial charge in [0.1, 0.15) is 12.3 Å². The molecule has 2 rings (SSSR count). The summed E-state index contributed by atoms with van der Waals surface area (Å²) in [5, 5.41) is 3.70. The van der Waals surface area contributed by atoms with Gasteiger partial charge in [0.05, 0.1) is 0 Å². The molecule has 0 saturated carbocycles. The van der Waals surface area contributed by atoms with Crippen molar-refractivity contribution in [2.24, 2.45) is 5.10 Å². The number of carbonyl (C=O) groups is 2. The summed E-state index contributed by atoms with van der Waals surface area (Å²) in [6.45, 7) is 4.47. The molecule has 0 bridgehead atoms. The first-order chi connectivity index (χ1) is 9.56. The van der Waals surface area contributed by atoms with Crippen LogP contribution in [0.3, 0.4) is 0 Å². The lowest BCUT2D eigenvalue weighted by Gasteiger charge is -2.11. The van der Waals surface area contributed by atoms with Gasteiger partial charge in [-0.25, -0.2) is 10.2 Å². The van der Waals surface area contributed by atoms with Gasteiger partial charge in [0, 0.05) is 12.8 Å². The van der Waals surface area contributed by atoms with Crippen molar-refractivity contribution in [3.8, 4) is 0 Å². The smallest absolute Gasteiger partial charge is 0.354 e. The lowest BCUT2D eigenvalue weighted by Crippen LogP contribution is -2.30. The minimum absolute atomic E-state index is 0.175. The van der Waals surface area contributed by atoms with Crippen molar-refractivity contribution in [2.45, 2.75) is 39.2 Å². The van der Waals surface area contributed by atoms with Crippen molar-refractivity contribution in [2.75, 3.05) is 0 Å². The van der Waals surface area contributed by atoms with E-state index in [0.717, 1.165) is 5.56 Å². The topological polar surface area (TPSA) is 67.8 Å². The standard InChI is InChI=1S/C15H18N2O3/c1-10(2)12-5-3-11(4-6-12)9-20-15(19)13-7-8-14(18)17-16-13/h3-6,10H,7-9H2,1-2H3,(H,17,18). The first-order valence-electron chi connectivity index (χ1n) is 6.67. The summed E-state index contributed by atoms with van der Waals surface area (Å²) in [4.78, 5) is 22.7. The number of hydrazone groups is 1. The molecule has 0 aromatic heterocycles. The van der Waals surface area contributed by atoms with Gasteiger partial charge < -0.3 is 4.74 Å². The summed E-state index contributed by atoms with van der Waals surface area (Å²) >= 11 is 0. The van der Waals surface area contributed by atoms with Crippen LogP contribution in [0.15, 0.2) is 29.4 Å². The largest absolute Gasteiger partial charge is 0.456 e. The number of benzene rings is 1. The molecule has 0 atom stereocenters. The number of hydrogen-bond donors (Lipinski definition) is 1. The van der Waals surface area contributed by atoms with E-state index in [1.54, 1.807) is 0 Å². The van der Waals surface area contributed by atoms with Gasteiger partial charge in [-0.15, -0.1) is 0 Å². The van der Waals surface area contributed by atoms with E-state index in [0.29, 0.717) is 12.3 Å². The van der Waals surface area contributed by atoms with Crippen molar-refractivity contribution in [1.29, 1.82) is 0 Å².